The summed E-state index contributed by atoms with van der Waals surface area (Å²) in [6.45, 7) is 7.05. The lowest BCUT2D eigenvalue weighted by molar-refractivity contribution is 0.102. The van der Waals surface area contributed by atoms with Crippen molar-refractivity contribution in [1.29, 1.82) is 0 Å². The number of carbonyl (C=O) groups is 1. The number of hydrogen-bond acceptors (Lipinski definition) is 6. The van der Waals surface area contributed by atoms with Gasteiger partial charge < -0.3 is 19.9 Å². The molecule has 1 saturated heterocycles. The van der Waals surface area contributed by atoms with Crippen LogP contribution < -0.4 is 15.0 Å². The summed E-state index contributed by atoms with van der Waals surface area (Å²) in [5, 5.41) is 2.84. The topological polar surface area (TPSA) is 70.6 Å². The zero-order chi connectivity index (χ0) is 17.6. The molecular formula is C18H23N5O2. The van der Waals surface area contributed by atoms with Crippen molar-refractivity contribution in [2.24, 2.45) is 0 Å². The van der Waals surface area contributed by atoms with Crippen LogP contribution in [0.25, 0.3) is 0 Å². The maximum Gasteiger partial charge on any atom is 0.274 e. The zero-order valence-corrected chi connectivity index (χ0v) is 14.6. The van der Waals surface area contributed by atoms with E-state index in [2.05, 4.69) is 32.0 Å². The predicted octanol–water partition coefficient (Wildman–Crippen LogP) is 1.88. The number of nitrogens with zero attached hydrogens (tertiary/aromatic N) is 4. The fourth-order valence-electron chi connectivity index (χ4n) is 2.83. The molecule has 1 aromatic carbocycles. The van der Waals surface area contributed by atoms with Crippen LogP contribution in [0, 0.1) is 0 Å². The van der Waals surface area contributed by atoms with E-state index < -0.39 is 0 Å². The van der Waals surface area contributed by atoms with Gasteiger partial charge in [0.2, 0.25) is 0 Å². The molecule has 1 N–H and O–H groups in total. The lowest BCUT2D eigenvalue weighted by Crippen LogP contribution is -2.46. The van der Waals surface area contributed by atoms with E-state index in [9.17, 15) is 4.79 Å². The van der Waals surface area contributed by atoms with Crippen LogP contribution in [-0.4, -0.2) is 60.6 Å². The third kappa shape index (κ3) is 4.24. The highest BCUT2D eigenvalue weighted by atomic mass is 16.5. The number of benzene rings is 1. The molecule has 132 valence electrons. The Kier molecular flexibility index (Phi) is 5.45. The summed E-state index contributed by atoms with van der Waals surface area (Å²) in [7, 11) is 1.59. The molecule has 0 aliphatic carbocycles. The number of likely N-dealkylation sites (N-methyl/N-ethyl adjacent to an activating group) is 1. The van der Waals surface area contributed by atoms with Crippen molar-refractivity contribution in [3.63, 3.8) is 0 Å². The van der Waals surface area contributed by atoms with E-state index in [0.717, 1.165) is 38.5 Å². The van der Waals surface area contributed by atoms with Crippen LogP contribution in [0.1, 0.15) is 17.4 Å². The SMILES string of the molecule is CCN1CCN(c2cc(C(=O)Nc3cccc(OC)c3)ncn2)CC1. The first kappa shape index (κ1) is 17.2. The summed E-state index contributed by atoms with van der Waals surface area (Å²) >= 11 is 0. The number of piperazine rings is 1. The Morgan fingerprint density at radius 2 is 2.00 bits per heavy atom. The first-order valence-corrected chi connectivity index (χ1v) is 8.44. The zero-order valence-electron chi connectivity index (χ0n) is 14.6. The Hall–Kier alpha value is -2.67. The second-order valence-electron chi connectivity index (χ2n) is 5.87. The van der Waals surface area contributed by atoms with Gasteiger partial charge in [0.1, 0.15) is 23.6 Å². The van der Waals surface area contributed by atoms with Crippen LogP contribution in [0.2, 0.25) is 0 Å². The summed E-state index contributed by atoms with van der Waals surface area (Å²) in [6.07, 6.45) is 1.45. The molecule has 7 nitrogen and oxygen atoms in total. The van der Waals surface area contributed by atoms with E-state index in [1.54, 1.807) is 19.2 Å². The van der Waals surface area contributed by atoms with Crippen molar-refractivity contribution >= 4 is 17.4 Å². The molecule has 3 rings (SSSR count). The van der Waals surface area contributed by atoms with Crippen LogP contribution in [0.3, 0.4) is 0 Å². The average Bonchev–Trinajstić information content (AvgIpc) is 2.68. The smallest absolute Gasteiger partial charge is 0.274 e. The van der Waals surface area contributed by atoms with Gasteiger partial charge in [-0.1, -0.05) is 13.0 Å². The molecule has 0 saturated carbocycles. The summed E-state index contributed by atoms with van der Waals surface area (Å²) in [5.74, 6) is 1.22. The van der Waals surface area contributed by atoms with Gasteiger partial charge in [0.25, 0.3) is 5.91 Å². The van der Waals surface area contributed by atoms with Crippen LogP contribution in [0.15, 0.2) is 36.7 Å². The summed E-state index contributed by atoms with van der Waals surface area (Å²) < 4.78 is 5.17. The van der Waals surface area contributed by atoms with Gasteiger partial charge in [0.05, 0.1) is 7.11 Å². The number of rotatable bonds is 5. The van der Waals surface area contributed by atoms with Crippen LogP contribution in [0.4, 0.5) is 11.5 Å². The highest BCUT2D eigenvalue weighted by Crippen LogP contribution is 2.18. The molecule has 2 heterocycles. The molecule has 7 heteroatoms. The molecule has 0 bridgehead atoms. The fourth-order valence-corrected chi connectivity index (χ4v) is 2.83. The van der Waals surface area contributed by atoms with Crippen LogP contribution in [0.5, 0.6) is 5.75 Å². The van der Waals surface area contributed by atoms with Gasteiger partial charge in [0.15, 0.2) is 0 Å². The maximum absolute atomic E-state index is 12.5. The van der Waals surface area contributed by atoms with Gasteiger partial charge in [0, 0.05) is 44.0 Å². The van der Waals surface area contributed by atoms with E-state index in [1.165, 1.54) is 6.33 Å². The lowest BCUT2D eigenvalue weighted by Gasteiger charge is -2.34. The molecule has 0 spiro atoms. The van der Waals surface area contributed by atoms with Crippen molar-refractivity contribution in [2.75, 3.05) is 50.1 Å². The molecule has 1 aliphatic rings. The van der Waals surface area contributed by atoms with Crippen LogP contribution >= 0.6 is 0 Å². The second-order valence-corrected chi connectivity index (χ2v) is 5.87. The molecule has 2 aromatic rings. The molecule has 1 aromatic heterocycles. The summed E-state index contributed by atoms with van der Waals surface area (Å²) in [4.78, 5) is 25.5. The van der Waals surface area contributed by atoms with Gasteiger partial charge in [-0.3, -0.25) is 4.79 Å². The molecule has 1 aliphatic heterocycles. The van der Waals surface area contributed by atoms with E-state index >= 15 is 0 Å². The average molecular weight is 341 g/mol. The van der Waals surface area contributed by atoms with E-state index in [1.807, 2.05) is 18.2 Å². The predicted molar refractivity (Wildman–Crippen MR) is 97.3 cm³/mol. The second kappa shape index (κ2) is 7.94. The van der Waals surface area contributed by atoms with Crippen LogP contribution in [-0.2, 0) is 0 Å². The number of amides is 1. The molecule has 0 unspecified atom stereocenters. The first-order valence-electron chi connectivity index (χ1n) is 8.44. The highest BCUT2D eigenvalue weighted by molar-refractivity contribution is 6.03. The van der Waals surface area contributed by atoms with Crippen molar-refractivity contribution in [2.45, 2.75) is 6.92 Å². The van der Waals surface area contributed by atoms with Gasteiger partial charge in [-0.25, -0.2) is 9.97 Å². The minimum absolute atomic E-state index is 0.260. The number of carbonyl (C=O) groups excluding carboxylic acids is 1. The molecule has 0 atom stereocenters. The number of nitrogens with one attached hydrogen (secondary N) is 1. The number of aromatic nitrogens is 2. The molecule has 0 radical (unpaired) electrons. The van der Waals surface area contributed by atoms with Crippen molar-refractivity contribution < 1.29 is 9.53 Å². The van der Waals surface area contributed by atoms with Crippen molar-refractivity contribution in [1.82, 2.24) is 14.9 Å². The Bertz CT molecular complexity index is 729. The largest absolute Gasteiger partial charge is 0.497 e. The Balaban J connectivity index is 1.69. The summed E-state index contributed by atoms with van der Waals surface area (Å²) in [5.41, 5.74) is 1.02. The number of methoxy groups -OCH3 is 1. The van der Waals surface area contributed by atoms with E-state index in [0.29, 0.717) is 17.1 Å². The van der Waals surface area contributed by atoms with Crippen molar-refractivity contribution in [3.05, 3.63) is 42.4 Å². The molecule has 1 fully saturated rings. The number of ether oxygens (including phenoxy) is 1. The summed E-state index contributed by atoms with van der Waals surface area (Å²) in [6, 6.07) is 8.98. The highest BCUT2D eigenvalue weighted by Gasteiger charge is 2.18. The quantitative estimate of drug-likeness (QED) is 0.895. The van der Waals surface area contributed by atoms with Gasteiger partial charge in [-0.2, -0.15) is 0 Å². The fraction of sp³-hybridized carbons (Fsp3) is 0.389. The minimum Gasteiger partial charge on any atom is -0.497 e. The number of anilines is 2. The lowest BCUT2D eigenvalue weighted by atomic mass is 10.2. The van der Waals surface area contributed by atoms with E-state index in [-0.39, 0.29) is 5.91 Å². The third-order valence-corrected chi connectivity index (χ3v) is 4.36. The van der Waals surface area contributed by atoms with Gasteiger partial charge >= 0.3 is 0 Å². The Morgan fingerprint density at radius 1 is 1.20 bits per heavy atom. The molecular weight excluding hydrogens is 318 g/mol. The number of hydrogen-bond donors (Lipinski definition) is 1. The monoisotopic (exact) mass is 341 g/mol. The Labute approximate surface area is 147 Å². The van der Waals surface area contributed by atoms with Gasteiger partial charge in [-0.05, 0) is 18.7 Å². The van der Waals surface area contributed by atoms with Crippen molar-refractivity contribution in [3.8, 4) is 5.75 Å². The molecule has 1 amide bonds. The first-order chi connectivity index (χ1) is 12.2. The Morgan fingerprint density at radius 3 is 2.72 bits per heavy atom. The molecule has 25 heavy (non-hydrogen) atoms. The maximum atomic E-state index is 12.5. The normalized spacial score (nSPS) is 15.0. The minimum atomic E-state index is -0.260. The standard InChI is InChI=1S/C18H23N5O2/c1-3-22-7-9-23(10-8-22)17-12-16(19-13-20-17)18(24)21-14-5-4-6-15(11-14)25-2/h4-6,11-13H,3,7-10H2,1-2H3,(H,21,24). The van der Waals surface area contributed by atoms with Gasteiger partial charge in [-0.15, -0.1) is 0 Å². The third-order valence-electron chi connectivity index (χ3n) is 4.36. The van der Waals surface area contributed by atoms with E-state index in [4.69, 9.17) is 4.74 Å².